The van der Waals surface area contributed by atoms with Crippen molar-refractivity contribution in [2.24, 2.45) is 5.92 Å². The quantitative estimate of drug-likeness (QED) is 0.482. The lowest BCUT2D eigenvalue weighted by Gasteiger charge is -2.14. The summed E-state index contributed by atoms with van der Waals surface area (Å²) >= 11 is 0. The minimum Gasteiger partial charge on any atom is -0.465 e. The third-order valence-corrected chi connectivity index (χ3v) is 1.43. The Morgan fingerprint density at radius 1 is 1.58 bits per heavy atom. The summed E-state index contributed by atoms with van der Waals surface area (Å²) in [4.78, 5) is 11.1. The van der Waals surface area contributed by atoms with Gasteiger partial charge in [0.1, 0.15) is 6.04 Å². The maximum atomic E-state index is 11.1. The van der Waals surface area contributed by atoms with Crippen LogP contribution in [0.3, 0.4) is 0 Å². The molecule has 1 atom stereocenters. The maximum absolute atomic E-state index is 11.1. The van der Waals surface area contributed by atoms with Gasteiger partial charge < -0.3 is 9.94 Å². The van der Waals surface area contributed by atoms with Gasteiger partial charge in [0.25, 0.3) is 0 Å². The number of rotatable bonds is 5. The van der Waals surface area contributed by atoms with Crippen LogP contribution in [-0.4, -0.2) is 23.8 Å². The van der Waals surface area contributed by atoms with Gasteiger partial charge in [0.15, 0.2) is 0 Å². The summed E-state index contributed by atoms with van der Waals surface area (Å²) in [6, 6.07) is -0.593. The predicted octanol–water partition coefficient (Wildman–Crippen LogP) is 0.943. The van der Waals surface area contributed by atoms with Crippen LogP contribution in [-0.2, 0) is 9.53 Å². The molecule has 0 radical (unpaired) electrons. The van der Waals surface area contributed by atoms with E-state index < -0.39 is 12.0 Å². The Morgan fingerprint density at radius 2 is 2.17 bits per heavy atom. The van der Waals surface area contributed by atoms with Crippen LogP contribution in [0.5, 0.6) is 0 Å². The zero-order valence-corrected chi connectivity index (χ0v) is 7.83. The summed E-state index contributed by atoms with van der Waals surface area (Å²) in [6.07, 6.45) is 0.579. The Labute approximate surface area is 72.9 Å². The van der Waals surface area contributed by atoms with Crippen molar-refractivity contribution in [3.8, 4) is 0 Å². The summed E-state index contributed by atoms with van der Waals surface area (Å²) < 4.78 is 4.73. The summed E-state index contributed by atoms with van der Waals surface area (Å²) in [5, 5.41) is 8.62. The van der Waals surface area contributed by atoms with Crippen molar-refractivity contribution in [1.82, 2.24) is 5.48 Å². The molecule has 0 bridgehead atoms. The highest BCUT2D eigenvalue weighted by Crippen LogP contribution is 2.05. The average Bonchev–Trinajstić information content (AvgIpc) is 2.00. The van der Waals surface area contributed by atoms with Crippen molar-refractivity contribution in [1.29, 1.82) is 0 Å². The van der Waals surface area contributed by atoms with Crippen molar-refractivity contribution in [3.63, 3.8) is 0 Å². The van der Waals surface area contributed by atoms with E-state index in [1.807, 2.05) is 19.3 Å². The summed E-state index contributed by atoms with van der Waals surface area (Å²) in [7, 11) is 0. The van der Waals surface area contributed by atoms with Gasteiger partial charge in [-0.15, -0.1) is 0 Å². The van der Waals surface area contributed by atoms with E-state index in [2.05, 4.69) is 0 Å². The number of esters is 1. The highest BCUT2D eigenvalue weighted by atomic mass is 16.5. The van der Waals surface area contributed by atoms with Crippen LogP contribution in [0, 0.1) is 5.92 Å². The molecule has 0 aliphatic heterocycles. The van der Waals surface area contributed by atoms with E-state index in [1.54, 1.807) is 6.92 Å². The van der Waals surface area contributed by atoms with E-state index in [9.17, 15) is 4.79 Å². The van der Waals surface area contributed by atoms with Gasteiger partial charge >= 0.3 is 5.97 Å². The molecule has 0 aromatic rings. The smallest absolute Gasteiger partial charge is 0.325 e. The van der Waals surface area contributed by atoms with Crippen LogP contribution in [0.15, 0.2) is 0 Å². The second kappa shape index (κ2) is 5.97. The molecule has 0 spiro atoms. The molecule has 0 aliphatic carbocycles. The van der Waals surface area contributed by atoms with Crippen molar-refractivity contribution < 1.29 is 14.7 Å². The Kier molecular flexibility index (Phi) is 5.66. The van der Waals surface area contributed by atoms with Crippen molar-refractivity contribution in [2.45, 2.75) is 33.2 Å². The van der Waals surface area contributed by atoms with Gasteiger partial charge in [-0.2, -0.15) is 5.48 Å². The molecule has 4 heteroatoms. The predicted molar refractivity (Wildman–Crippen MR) is 44.8 cm³/mol. The zero-order valence-electron chi connectivity index (χ0n) is 7.83. The average molecular weight is 175 g/mol. The normalized spacial score (nSPS) is 13.1. The van der Waals surface area contributed by atoms with E-state index in [0.717, 1.165) is 0 Å². The Morgan fingerprint density at radius 3 is 2.50 bits per heavy atom. The largest absolute Gasteiger partial charge is 0.465 e. The topological polar surface area (TPSA) is 58.6 Å². The van der Waals surface area contributed by atoms with E-state index in [0.29, 0.717) is 18.9 Å². The maximum Gasteiger partial charge on any atom is 0.325 e. The first-order valence-corrected chi connectivity index (χ1v) is 4.18. The fourth-order valence-electron chi connectivity index (χ4n) is 0.916. The lowest BCUT2D eigenvalue weighted by molar-refractivity contribution is -0.149. The van der Waals surface area contributed by atoms with Gasteiger partial charge in [0.05, 0.1) is 6.61 Å². The Balaban J connectivity index is 3.87. The summed E-state index contributed by atoms with van der Waals surface area (Å²) in [5.41, 5.74) is 1.94. The lowest BCUT2D eigenvalue weighted by Crippen LogP contribution is -2.37. The van der Waals surface area contributed by atoms with Crippen LogP contribution in [0.2, 0.25) is 0 Å². The molecule has 2 N–H and O–H groups in total. The fraction of sp³-hybridized carbons (Fsp3) is 0.875. The van der Waals surface area contributed by atoms with Crippen LogP contribution in [0.4, 0.5) is 0 Å². The second-order valence-electron chi connectivity index (χ2n) is 3.06. The minimum absolute atomic E-state index is 0.342. The van der Waals surface area contributed by atoms with Gasteiger partial charge in [-0.05, 0) is 19.3 Å². The molecule has 0 aliphatic rings. The van der Waals surface area contributed by atoms with Gasteiger partial charge in [-0.25, -0.2) is 0 Å². The van der Waals surface area contributed by atoms with Crippen LogP contribution < -0.4 is 5.48 Å². The van der Waals surface area contributed by atoms with Crippen molar-refractivity contribution >= 4 is 5.97 Å². The third kappa shape index (κ3) is 4.31. The SMILES string of the molecule is CCOC(=O)[C@H](CC(C)C)NO. The molecule has 0 saturated carbocycles. The highest BCUT2D eigenvalue weighted by molar-refractivity contribution is 5.75. The number of hydrogen-bond donors (Lipinski definition) is 2. The van der Waals surface area contributed by atoms with Gasteiger partial charge in [0.2, 0.25) is 0 Å². The number of ether oxygens (including phenoxy) is 1. The van der Waals surface area contributed by atoms with Crippen LogP contribution in [0.1, 0.15) is 27.2 Å². The molecule has 0 aromatic heterocycles. The number of hydrogen-bond acceptors (Lipinski definition) is 4. The molecule has 0 saturated heterocycles. The number of hydroxylamine groups is 1. The number of carbonyl (C=O) groups excluding carboxylic acids is 1. The van der Waals surface area contributed by atoms with Gasteiger partial charge in [-0.1, -0.05) is 13.8 Å². The number of nitrogens with one attached hydrogen (secondary N) is 1. The first-order chi connectivity index (χ1) is 5.61. The van der Waals surface area contributed by atoms with E-state index in [4.69, 9.17) is 9.94 Å². The van der Waals surface area contributed by atoms with E-state index >= 15 is 0 Å². The summed E-state index contributed by atoms with van der Waals surface area (Å²) in [5.74, 6) is -0.0484. The first kappa shape index (κ1) is 11.4. The zero-order chi connectivity index (χ0) is 9.56. The Hall–Kier alpha value is -0.610. The van der Waals surface area contributed by atoms with Crippen LogP contribution in [0.25, 0.3) is 0 Å². The summed E-state index contributed by atoms with van der Waals surface area (Å²) in [6.45, 7) is 6.03. The third-order valence-electron chi connectivity index (χ3n) is 1.43. The van der Waals surface area contributed by atoms with Gasteiger partial charge in [-0.3, -0.25) is 4.79 Å². The van der Waals surface area contributed by atoms with E-state index in [-0.39, 0.29) is 0 Å². The Bertz CT molecular complexity index is 136. The molecule has 0 aromatic carbocycles. The van der Waals surface area contributed by atoms with Crippen LogP contribution >= 0.6 is 0 Å². The molecule has 12 heavy (non-hydrogen) atoms. The molecular formula is C8H17NO3. The fourth-order valence-corrected chi connectivity index (χ4v) is 0.916. The first-order valence-electron chi connectivity index (χ1n) is 4.18. The molecule has 0 amide bonds. The molecule has 0 fully saturated rings. The van der Waals surface area contributed by atoms with Crippen molar-refractivity contribution in [3.05, 3.63) is 0 Å². The van der Waals surface area contributed by atoms with Crippen molar-refractivity contribution in [2.75, 3.05) is 6.61 Å². The molecule has 0 heterocycles. The standard InChI is InChI=1S/C8H17NO3/c1-4-12-8(10)7(9-11)5-6(2)3/h6-7,9,11H,4-5H2,1-3H3/t7-/m0/s1. The minimum atomic E-state index is -0.593. The molecule has 0 rings (SSSR count). The molecular weight excluding hydrogens is 158 g/mol. The van der Waals surface area contributed by atoms with Gasteiger partial charge in [0, 0.05) is 0 Å². The lowest BCUT2D eigenvalue weighted by atomic mass is 10.0. The molecule has 4 nitrogen and oxygen atoms in total. The second-order valence-corrected chi connectivity index (χ2v) is 3.06. The highest BCUT2D eigenvalue weighted by Gasteiger charge is 2.19. The number of carbonyl (C=O) groups is 1. The monoisotopic (exact) mass is 175 g/mol. The molecule has 0 unspecified atom stereocenters. The molecule has 72 valence electrons. The van der Waals surface area contributed by atoms with E-state index in [1.165, 1.54) is 0 Å².